The molecule has 0 N–H and O–H groups in total. The fourth-order valence-electron chi connectivity index (χ4n) is 0.785. The van der Waals surface area contributed by atoms with Crippen molar-refractivity contribution in [3.05, 3.63) is 29.8 Å². The van der Waals surface area contributed by atoms with E-state index in [1.165, 1.54) is 18.4 Å². The van der Waals surface area contributed by atoms with E-state index in [0.29, 0.717) is 0 Å². The first-order valence-corrected chi connectivity index (χ1v) is 4.85. The van der Waals surface area contributed by atoms with Crippen LogP contribution in [0.1, 0.15) is 32.3 Å². The van der Waals surface area contributed by atoms with E-state index in [2.05, 4.69) is 13.8 Å². The summed E-state index contributed by atoms with van der Waals surface area (Å²) >= 11 is 0. The summed E-state index contributed by atoms with van der Waals surface area (Å²) in [7, 11) is 1.68. The minimum Gasteiger partial charge on any atom is -0.496 e. The van der Waals surface area contributed by atoms with Crippen LogP contribution in [0, 0.1) is 6.92 Å². The highest BCUT2D eigenvalue weighted by molar-refractivity contribution is 5.31. The largest absolute Gasteiger partial charge is 0.496 e. The number of hydrogen-bond acceptors (Lipinski definition) is 1. The molecule has 0 unspecified atom stereocenters. The highest BCUT2D eigenvalue weighted by Gasteiger charge is 1.90. The van der Waals surface area contributed by atoms with Crippen LogP contribution in [0.25, 0.3) is 0 Å². The zero-order valence-electron chi connectivity index (χ0n) is 9.13. The average Bonchev–Trinajstić information content (AvgIpc) is 2.19. The summed E-state index contributed by atoms with van der Waals surface area (Å²) in [5.74, 6) is 0.956. The van der Waals surface area contributed by atoms with Gasteiger partial charge in [0.15, 0.2) is 0 Å². The molecule has 1 heteroatoms. The number of methoxy groups -OCH3 is 1. The first-order valence-electron chi connectivity index (χ1n) is 4.85. The Hall–Kier alpha value is -0.980. The van der Waals surface area contributed by atoms with Crippen molar-refractivity contribution in [3.63, 3.8) is 0 Å². The lowest BCUT2D eigenvalue weighted by Gasteiger charge is -2.00. The highest BCUT2D eigenvalue weighted by Crippen LogP contribution is 2.14. The third-order valence-corrected chi connectivity index (χ3v) is 1.81. The Morgan fingerprint density at radius 2 is 1.62 bits per heavy atom. The van der Waals surface area contributed by atoms with Crippen molar-refractivity contribution in [1.82, 2.24) is 0 Å². The molecule has 1 aromatic carbocycles. The summed E-state index contributed by atoms with van der Waals surface area (Å²) in [6.45, 7) is 6.39. The minimum atomic E-state index is 0.956. The van der Waals surface area contributed by atoms with Crippen molar-refractivity contribution >= 4 is 0 Å². The van der Waals surface area contributed by atoms with E-state index in [9.17, 15) is 0 Å². The van der Waals surface area contributed by atoms with Crippen LogP contribution in [-0.2, 0) is 0 Å². The maximum absolute atomic E-state index is 5.04. The highest BCUT2D eigenvalue weighted by atomic mass is 16.5. The van der Waals surface area contributed by atoms with Gasteiger partial charge in [-0.05, 0) is 18.6 Å². The van der Waals surface area contributed by atoms with Crippen molar-refractivity contribution in [3.8, 4) is 5.75 Å². The lowest BCUT2D eigenvalue weighted by molar-refractivity contribution is 0.411. The number of ether oxygens (including phenoxy) is 1. The normalized spacial score (nSPS) is 8.62. The Kier molecular flexibility index (Phi) is 7.08. The molecule has 0 fully saturated rings. The van der Waals surface area contributed by atoms with E-state index in [-0.39, 0.29) is 0 Å². The van der Waals surface area contributed by atoms with Crippen molar-refractivity contribution in [2.24, 2.45) is 0 Å². The third-order valence-electron chi connectivity index (χ3n) is 1.81. The molecule has 0 aliphatic carbocycles. The molecule has 0 aliphatic rings. The zero-order valence-corrected chi connectivity index (χ0v) is 9.13. The van der Waals surface area contributed by atoms with Crippen molar-refractivity contribution < 1.29 is 4.74 Å². The molecule has 0 bridgehead atoms. The van der Waals surface area contributed by atoms with E-state index < -0.39 is 0 Å². The van der Waals surface area contributed by atoms with Gasteiger partial charge in [0, 0.05) is 0 Å². The first kappa shape index (κ1) is 12.0. The van der Waals surface area contributed by atoms with Crippen molar-refractivity contribution in [2.45, 2.75) is 33.6 Å². The Labute approximate surface area is 81.7 Å². The van der Waals surface area contributed by atoms with Gasteiger partial charge in [-0.3, -0.25) is 0 Å². The smallest absolute Gasteiger partial charge is 0.121 e. The maximum atomic E-state index is 5.04. The summed E-state index contributed by atoms with van der Waals surface area (Å²) in [6, 6.07) is 7.94. The predicted molar refractivity (Wildman–Crippen MR) is 58.3 cm³/mol. The molecule has 1 rings (SSSR count). The van der Waals surface area contributed by atoms with Gasteiger partial charge in [-0.2, -0.15) is 0 Å². The maximum Gasteiger partial charge on any atom is 0.121 e. The van der Waals surface area contributed by atoms with E-state index >= 15 is 0 Å². The monoisotopic (exact) mass is 180 g/mol. The fourth-order valence-corrected chi connectivity index (χ4v) is 0.785. The van der Waals surface area contributed by atoms with Crippen LogP contribution in [0.2, 0.25) is 0 Å². The molecule has 74 valence electrons. The Bertz CT molecular complexity index is 216. The molecule has 0 amide bonds. The van der Waals surface area contributed by atoms with Crippen LogP contribution in [0.4, 0.5) is 0 Å². The van der Waals surface area contributed by atoms with Gasteiger partial charge >= 0.3 is 0 Å². The second-order valence-corrected chi connectivity index (χ2v) is 2.97. The van der Waals surface area contributed by atoms with Gasteiger partial charge in [-0.25, -0.2) is 0 Å². The predicted octanol–water partition coefficient (Wildman–Crippen LogP) is 3.81. The average molecular weight is 180 g/mol. The second-order valence-electron chi connectivity index (χ2n) is 2.97. The zero-order chi connectivity index (χ0) is 10.1. The minimum absolute atomic E-state index is 0.956. The molecule has 0 radical (unpaired) electrons. The van der Waals surface area contributed by atoms with E-state index in [1.807, 2.05) is 31.2 Å². The summed E-state index contributed by atoms with van der Waals surface area (Å²) in [4.78, 5) is 0. The molecule has 0 spiro atoms. The first-order chi connectivity index (χ1) is 6.26. The summed E-state index contributed by atoms with van der Waals surface area (Å²) in [6.07, 6.45) is 2.64. The van der Waals surface area contributed by atoms with Gasteiger partial charge in [-0.15, -0.1) is 0 Å². The molecule has 0 aromatic heterocycles. The van der Waals surface area contributed by atoms with Crippen LogP contribution < -0.4 is 4.74 Å². The van der Waals surface area contributed by atoms with Gasteiger partial charge in [0.2, 0.25) is 0 Å². The number of unbranched alkanes of at least 4 members (excludes halogenated alkanes) is 1. The van der Waals surface area contributed by atoms with Gasteiger partial charge in [0.05, 0.1) is 7.11 Å². The molecule has 0 heterocycles. The van der Waals surface area contributed by atoms with Crippen molar-refractivity contribution in [2.75, 3.05) is 7.11 Å². The quantitative estimate of drug-likeness (QED) is 0.672. The molecule has 0 saturated heterocycles. The number of aryl methyl sites for hydroxylation is 1. The van der Waals surface area contributed by atoms with E-state index in [1.54, 1.807) is 7.11 Å². The summed E-state index contributed by atoms with van der Waals surface area (Å²) < 4.78 is 5.04. The SMILES string of the molecule is CCCC.COc1ccccc1C. The van der Waals surface area contributed by atoms with Gasteiger partial charge < -0.3 is 4.74 Å². The lowest BCUT2D eigenvalue weighted by Crippen LogP contribution is -1.84. The van der Waals surface area contributed by atoms with Crippen LogP contribution in [0.3, 0.4) is 0 Å². The van der Waals surface area contributed by atoms with Crippen molar-refractivity contribution in [1.29, 1.82) is 0 Å². The van der Waals surface area contributed by atoms with Crippen LogP contribution in [-0.4, -0.2) is 7.11 Å². The second kappa shape index (κ2) is 7.66. The molecule has 0 atom stereocenters. The third kappa shape index (κ3) is 5.29. The Morgan fingerprint density at radius 3 is 1.92 bits per heavy atom. The fraction of sp³-hybridized carbons (Fsp3) is 0.500. The van der Waals surface area contributed by atoms with Crippen LogP contribution in [0.5, 0.6) is 5.75 Å². The lowest BCUT2D eigenvalue weighted by atomic mass is 10.2. The standard InChI is InChI=1S/C8H10O.C4H10/c1-7-5-3-4-6-8(7)9-2;1-3-4-2/h3-6H,1-2H3;3-4H2,1-2H3. The Balaban J connectivity index is 0.000000310. The Morgan fingerprint density at radius 1 is 1.08 bits per heavy atom. The molecule has 0 aliphatic heterocycles. The molecular weight excluding hydrogens is 160 g/mol. The van der Waals surface area contributed by atoms with Gasteiger partial charge in [0.25, 0.3) is 0 Å². The molecule has 13 heavy (non-hydrogen) atoms. The van der Waals surface area contributed by atoms with Gasteiger partial charge in [-0.1, -0.05) is 44.9 Å². The summed E-state index contributed by atoms with van der Waals surface area (Å²) in [5, 5.41) is 0. The van der Waals surface area contributed by atoms with Gasteiger partial charge in [0.1, 0.15) is 5.75 Å². The molecular formula is C12H20O. The molecule has 0 saturated carbocycles. The number of hydrogen-bond donors (Lipinski definition) is 0. The molecule has 1 aromatic rings. The number of rotatable bonds is 2. The summed E-state index contributed by atoms with van der Waals surface area (Å²) in [5.41, 5.74) is 1.18. The number of para-hydroxylation sites is 1. The van der Waals surface area contributed by atoms with E-state index in [0.717, 1.165) is 5.75 Å². The van der Waals surface area contributed by atoms with Crippen LogP contribution in [0.15, 0.2) is 24.3 Å². The number of benzene rings is 1. The topological polar surface area (TPSA) is 9.23 Å². The molecule has 1 nitrogen and oxygen atoms in total. The van der Waals surface area contributed by atoms with E-state index in [4.69, 9.17) is 4.74 Å². The van der Waals surface area contributed by atoms with Crippen LogP contribution >= 0.6 is 0 Å².